The van der Waals surface area contributed by atoms with Crippen LogP contribution in [0.1, 0.15) is 162 Å². The molecule has 0 N–H and O–H groups in total. The number of carbonyl (C=O) groups is 2. The van der Waals surface area contributed by atoms with Crippen molar-refractivity contribution in [3.8, 4) is 0 Å². The molecule has 1 aliphatic heterocycles. The van der Waals surface area contributed by atoms with Crippen LogP contribution >= 0.6 is 0 Å². The Labute approximate surface area is 199 Å². The van der Waals surface area contributed by atoms with E-state index in [-0.39, 0.29) is 17.9 Å². The maximum absolute atomic E-state index is 12.6. The Kier molecular flexibility index (Phi) is 18.9. The average Bonchev–Trinajstić information content (AvgIpc) is 2.79. The first-order valence-electron chi connectivity index (χ1n) is 14.4. The minimum Gasteiger partial charge on any atom is -0.393 e. The van der Waals surface area contributed by atoms with Gasteiger partial charge in [-0.3, -0.25) is 9.59 Å². The fourth-order valence-electron chi connectivity index (χ4n) is 5.24. The van der Waals surface area contributed by atoms with Crippen LogP contribution in [0.2, 0.25) is 0 Å². The highest BCUT2D eigenvalue weighted by Crippen LogP contribution is 2.30. The second-order valence-corrected chi connectivity index (χ2v) is 10.3. The van der Waals surface area contributed by atoms with Crippen molar-refractivity contribution in [2.24, 2.45) is 11.8 Å². The van der Waals surface area contributed by atoms with Crippen LogP contribution in [0.4, 0.5) is 0 Å². The minimum absolute atomic E-state index is 0.0753. The molecule has 0 aliphatic carbocycles. The van der Waals surface area contributed by atoms with E-state index in [0.717, 1.165) is 44.9 Å². The molecule has 0 bridgehead atoms. The minimum atomic E-state index is -0.316. The predicted molar refractivity (Wildman–Crippen MR) is 136 cm³/mol. The second kappa shape index (κ2) is 20.7. The Morgan fingerprint density at radius 2 is 1.19 bits per heavy atom. The second-order valence-electron chi connectivity index (χ2n) is 10.3. The van der Waals surface area contributed by atoms with E-state index in [1.165, 1.54) is 96.3 Å². The Hall–Kier alpha value is -0.860. The van der Waals surface area contributed by atoms with Crippen LogP contribution in [0, 0.1) is 11.8 Å². The summed E-state index contributed by atoms with van der Waals surface area (Å²) in [7, 11) is 0. The molecule has 0 spiro atoms. The van der Waals surface area contributed by atoms with Crippen LogP contribution in [0.3, 0.4) is 0 Å². The lowest BCUT2D eigenvalue weighted by atomic mass is 9.82. The van der Waals surface area contributed by atoms with Crippen molar-refractivity contribution in [2.45, 2.75) is 162 Å². The molecule has 32 heavy (non-hydrogen) atoms. The van der Waals surface area contributed by atoms with Crippen LogP contribution in [0.15, 0.2) is 0 Å². The molecule has 0 amide bonds. The Morgan fingerprint density at radius 1 is 0.688 bits per heavy atom. The van der Waals surface area contributed by atoms with Gasteiger partial charge in [-0.15, -0.1) is 0 Å². The van der Waals surface area contributed by atoms with Crippen molar-refractivity contribution >= 4 is 11.9 Å². The van der Waals surface area contributed by atoms with Crippen molar-refractivity contribution in [3.05, 3.63) is 0 Å². The summed E-state index contributed by atoms with van der Waals surface area (Å²) in [4.78, 5) is 24.4. The average molecular weight is 451 g/mol. The summed E-state index contributed by atoms with van der Waals surface area (Å²) in [5.74, 6) is -0.265. The first kappa shape index (κ1) is 29.2. The highest BCUT2D eigenvalue weighted by molar-refractivity contribution is 5.86. The molecule has 1 aliphatic rings. The molecule has 3 heteroatoms. The van der Waals surface area contributed by atoms with Crippen LogP contribution in [0.5, 0.6) is 0 Å². The third-order valence-corrected chi connectivity index (χ3v) is 7.44. The van der Waals surface area contributed by atoms with E-state index in [4.69, 9.17) is 4.74 Å². The fourth-order valence-corrected chi connectivity index (χ4v) is 5.24. The molecule has 0 radical (unpaired) electrons. The van der Waals surface area contributed by atoms with E-state index in [2.05, 4.69) is 13.8 Å². The van der Waals surface area contributed by atoms with Crippen LogP contribution < -0.4 is 0 Å². The number of carbonyl (C=O) groups excluding carboxylic acids is 2. The van der Waals surface area contributed by atoms with Gasteiger partial charge in [0.2, 0.25) is 0 Å². The number of hydrogen-bond donors (Lipinski definition) is 0. The molecule has 0 saturated carbocycles. The molecule has 1 heterocycles. The summed E-state index contributed by atoms with van der Waals surface area (Å²) in [5, 5.41) is 0. The van der Waals surface area contributed by atoms with Gasteiger partial charge in [-0.05, 0) is 25.2 Å². The molecule has 2 unspecified atom stereocenters. The third-order valence-electron chi connectivity index (χ3n) is 7.44. The van der Waals surface area contributed by atoms with E-state index >= 15 is 0 Å². The SMILES string of the molecule is CCCCCCCCCCCCCCCCCC(CC)C1CCCCCCC(=O)OC1=O. The Morgan fingerprint density at radius 3 is 1.72 bits per heavy atom. The van der Waals surface area contributed by atoms with Gasteiger partial charge in [-0.2, -0.15) is 0 Å². The van der Waals surface area contributed by atoms with Gasteiger partial charge in [0, 0.05) is 6.42 Å². The number of cyclic esters (lactones) is 2. The largest absolute Gasteiger partial charge is 0.393 e. The summed E-state index contributed by atoms with van der Waals surface area (Å²) in [5.41, 5.74) is 0. The smallest absolute Gasteiger partial charge is 0.316 e. The predicted octanol–water partition coefficient (Wildman–Crippen LogP) is 9.31. The Bertz CT molecular complexity index is 459. The standard InChI is InChI=1S/C29H54O3/c1-3-5-6-7-8-9-10-11-12-13-14-15-16-17-20-23-26(4-2)27-24-21-18-19-22-25-28(30)32-29(27)31/h26-27H,3-25H2,1-2H3. The van der Waals surface area contributed by atoms with Crippen molar-refractivity contribution in [1.29, 1.82) is 0 Å². The fraction of sp³-hybridized carbons (Fsp3) is 0.931. The van der Waals surface area contributed by atoms with E-state index in [9.17, 15) is 9.59 Å². The number of hydrogen-bond acceptors (Lipinski definition) is 3. The monoisotopic (exact) mass is 450 g/mol. The summed E-state index contributed by atoms with van der Waals surface area (Å²) in [6.45, 7) is 4.47. The maximum Gasteiger partial charge on any atom is 0.316 e. The van der Waals surface area contributed by atoms with Crippen molar-refractivity contribution in [3.63, 3.8) is 0 Å². The molecule has 1 rings (SSSR count). The zero-order valence-corrected chi connectivity index (χ0v) is 21.6. The van der Waals surface area contributed by atoms with E-state index in [0.29, 0.717) is 12.3 Å². The molecule has 188 valence electrons. The van der Waals surface area contributed by atoms with Crippen molar-refractivity contribution < 1.29 is 14.3 Å². The van der Waals surface area contributed by atoms with Crippen LogP contribution in [-0.4, -0.2) is 11.9 Å². The van der Waals surface area contributed by atoms with Gasteiger partial charge in [-0.25, -0.2) is 0 Å². The van der Waals surface area contributed by atoms with Crippen molar-refractivity contribution in [2.75, 3.05) is 0 Å². The van der Waals surface area contributed by atoms with E-state index in [1.54, 1.807) is 0 Å². The van der Waals surface area contributed by atoms with E-state index < -0.39 is 0 Å². The summed E-state index contributed by atoms with van der Waals surface area (Å²) in [6.07, 6.45) is 28.2. The summed E-state index contributed by atoms with van der Waals surface area (Å²) < 4.78 is 5.17. The molecule has 3 nitrogen and oxygen atoms in total. The first-order chi connectivity index (χ1) is 15.7. The van der Waals surface area contributed by atoms with Crippen LogP contribution in [-0.2, 0) is 14.3 Å². The van der Waals surface area contributed by atoms with Crippen molar-refractivity contribution in [1.82, 2.24) is 0 Å². The van der Waals surface area contributed by atoms with Gasteiger partial charge in [0.05, 0.1) is 5.92 Å². The summed E-state index contributed by atoms with van der Waals surface area (Å²) in [6, 6.07) is 0. The van der Waals surface area contributed by atoms with E-state index in [1.807, 2.05) is 0 Å². The number of ether oxygens (including phenoxy) is 1. The highest BCUT2D eigenvalue weighted by atomic mass is 16.6. The van der Waals surface area contributed by atoms with Gasteiger partial charge in [-0.1, -0.05) is 136 Å². The highest BCUT2D eigenvalue weighted by Gasteiger charge is 2.29. The maximum atomic E-state index is 12.6. The topological polar surface area (TPSA) is 43.4 Å². The lowest BCUT2D eigenvalue weighted by Crippen LogP contribution is -2.28. The number of rotatable bonds is 18. The van der Waals surface area contributed by atoms with Crippen LogP contribution in [0.25, 0.3) is 0 Å². The normalized spacial score (nSPS) is 19.0. The number of esters is 2. The zero-order chi connectivity index (χ0) is 23.3. The van der Waals surface area contributed by atoms with Gasteiger partial charge >= 0.3 is 11.9 Å². The molecular formula is C29H54O3. The quantitative estimate of drug-likeness (QED) is 0.119. The molecule has 0 aromatic rings. The first-order valence-corrected chi connectivity index (χ1v) is 14.4. The summed E-state index contributed by atoms with van der Waals surface area (Å²) >= 11 is 0. The van der Waals surface area contributed by atoms with Gasteiger partial charge in [0.15, 0.2) is 0 Å². The number of unbranched alkanes of at least 4 members (excludes halogenated alkanes) is 14. The van der Waals surface area contributed by atoms with Gasteiger partial charge in [0.25, 0.3) is 0 Å². The molecular weight excluding hydrogens is 396 g/mol. The molecule has 0 aromatic carbocycles. The zero-order valence-electron chi connectivity index (χ0n) is 21.6. The molecule has 1 saturated heterocycles. The molecule has 1 fully saturated rings. The molecule has 2 atom stereocenters. The lowest BCUT2D eigenvalue weighted by molar-refractivity contribution is -0.164. The molecule has 0 aromatic heterocycles. The lowest BCUT2D eigenvalue weighted by Gasteiger charge is -2.25. The van der Waals surface area contributed by atoms with Gasteiger partial charge < -0.3 is 4.74 Å². The third kappa shape index (κ3) is 15.1. The van der Waals surface area contributed by atoms with Gasteiger partial charge in [0.1, 0.15) is 0 Å². The Balaban J connectivity index is 2.06.